The van der Waals surface area contributed by atoms with Crippen LogP contribution in [-0.4, -0.2) is 52.0 Å². The van der Waals surface area contributed by atoms with Crippen LogP contribution in [0.25, 0.3) is 17.1 Å². The zero-order chi connectivity index (χ0) is 18.9. The molecule has 0 spiro atoms. The van der Waals surface area contributed by atoms with Crippen molar-refractivity contribution in [3.63, 3.8) is 0 Å². The van der Waals surface area contributed by atoms with Crippen LogP contribution in [0, 0.1) is 0 Å². The number of para-hydroxylation sites is 2. The Kier molecular flexibility index (Phi) is 4.88. The van der Waals surface area contributed by atoms with E-state index in [1.807, 2.05) is 41.0 Å². The summed E-state index contributed by atoms with van der Waals surface area (Å²) >= 11 is 1.45. The van der Waals surface area contributed by atoms with Gasteiger partial charge in [0, 0.05) is 23.2 Å². The molecule has 0 bridgehead atoms. The average molecular weight is 403 g/mol. The van der Waals surface area contributed by atoms with Crippen LogP contribution < -0.4 is 4.74 Å². The fourth-order valence-electron chi connectivity index (χ4n) is 3.07. The number of benzene rings is 1. The van der Waals surface area contributed by atoms with Gasteiger partial charge in [0.2, 0.25) is 0 Å². The molecule has 0 saturated carbocycles. The third-order valence-corrected chi connectivity index (χ3v) is 7.55. The normalized spacial score (nSPS) is 18.5. The Morgan fingerprint density at radius 3 is 2.63 bits per heavy atom. The van der Waals surface area contributed by atoms with Crippen molar-refractivity contribution < 1.29 is 13.2 Å². The Morgan fingerprint density at radius 2 is 1.93 bits per heavy atom. The predicted molar refractivity (Wildman–Crippen MR) is 104 cm³/mol. The average Bonchev–Trinajstić information content (AvgIpc) is 3.25. The fourth-order valence-corrected chi connectivity index (χ4v) is 6.57. The van der Waals surface area contributed by atoms with E-state index in [0.717, 1.165) is 11.3 Å². The lowest BCUT2D eigenvalue weighted by atomic mass is 10.2. The van der Waals surface area contributed by atoms with E-state index in [1.165, 1.54) is 11.8 Å². The molecule has 27 heavy (non-hydrogen) atoms. The number of methoxy groups -OCH3 is 1. The highest BCUT2D eigenvalue weighted by Crippen LogP contribution is 2.36. The van der Waals surface area contributed by atoms with E-state index >= 15 is 0 Å². The van der Waals surface area contributed by atoms with Gasteiger partial charge in [-0.1, -0.05) is 23.9 Å². The molecule has 1 atom stereocenters. The minimum Gasteiger partial charge on any atom is -0.495 e. The molecule has 1 aromatic carbocycles. The number of nitrogens with zero attached hydrogens (tertiary/aromatic N) is 4. The summed E-state index contributed by atoms with van der Waals surface area (Å²) in [5.41, 5.74) is 1.68. The molecule has 0 amide bonds. The summed E-state index contributed by atoms with van der Waals surface area (Å²) in [6.07, 6.45) is 4.02. The van der Waals surface area contributed by atoms with Gasteiger partial charge in [0.05, 0.1) is 24.3 Å². The van der Waals surface area contributed by atoms with Crippen molar-refractivity contribution in [1.29, 1.82) is 0 Å². The van der Waals surface area contributed by atoms with Crippen LogP contribution in [0.3, 0.4) is 0 Å². The first-order valence-electron chi connectivity index (χ1n) is 8.44. The summed E-state index contributed by atoms with van der Waals surface area (Å²) in [7, 11) is -1.35. The molecule has 3 heterocycles. The van der Waals surface area contributed by atoms with Crippen molar-refractivity contribution in [3.8, 4) is 22.8 Å². The minimum absolute atomic E-state index is 0.0297. The van der Waals surface area contributed by atoms with Crippen molar-refractivity contribution in [1.82, 2.24) is 19.7 Å². The van der Waals surface area contributed by atoms with Gasteiger partial charge in [0.25, 0.3) is 0 Å². The number of hydrogen-bond acceptors (Lipinski definition) is 7. The lowest BCUT2D eigenvalue weighted by molar-refractivity contribution is 0.412. The summed E-state index contributed by atoms with van der Waals surface area (Å²) in [6, 6.07) is 11.4. The number of aromatic nitrogens is 4. The molecule has 1 unspecified atom stereocenters. The van der Waals surface area contributed by atoms with Crippen LogP contribution in [0.2, 0.25) is 0 Å². The Balaban J connectivity index is 1.81. The molecule has 2 aromatic heterocycles. The van der Waals surface area contributed by atoms with Crippen LogP contribution in [0.1, 0.15) is 6.42 Å². The second kappa shape index (κ2) is 7.32. The van der Waals surface area contributed by atoms with Gasteiger partial charge < -0.3 is 4.74 Å². The smallest absolute Gasteiger partial charge is 0.196 e. The Morgan fingerprint density at radius 1 is 1.15 bits per heavy atom. The number of pyridine rings is 1. The lowest BCUT2D eigenvalue weighted by Gasteiger charge is -2.15. The topological polar surface area (TPSA) is 87.0 Å². The highest BCUT2D eigenvalue weighted by atomic mass is 32.2. The first kappa shape index (κ1) is 18.0. The Labute approximate surface area is 161 Å². The van der Waals surface area contributed by atoms with Gasteiger partial charge in [0.1, 0.15) is 5.75 Å². The molecule has 1 aliphatic heterocycles. The van der Waals surface area contributed by atoms with E-state index in [4.69, 9.17) is 4.74 Å². The second-order valence-corrected chi connectivity index (χ2v) is 9.69. The molecule has 0 radical (unpaired) electrons. The molecular weight excluding hydrogens is 384 g/mol. The lowest BCUT2D eigenvalue weighted by Crippen LogP contribution is -2.08. The summed E-state index contributed by atoms with van der Waals surface area (Å²) in [6.45, 7) is 0. The maximum absolute atomic E-state index is 11.8. The van der Waals surface area contributed by atoms with Gasteiger partial charge in [-0.15, -0.1) is 10.2 Å². The second-order valence-electron chi connectivity index (χ2n) is 6.19. The number of thioether (sulfide) groups is 1. The van der Waals surface area contributed by atoms with Crippen LogP contribution in [0.4, 0.5) is 0 Å². The van der Waals surface area contributed by atoms with E-state index in [1.54, 1.807) is 19.5 Å². The Hall–Kier alpha value is -2.39. The highest BCUT2D eigenvalue weighted by molar-refractivity contribution is 8.01. The van der Waals surface area contributed by atoms with Crippen molar-refractivity contribution in [2.45, 2.75) is 16.8 Å². The van der Waals surface area contributed by atoms with Gasteiger partial charge in [0.15, 0.2) is 20.8 Å². The molecular formula is C18H18N4O3S2. The van der Waals surface area contributed by atoms with Gasteiger partial charge in [-0.05, 0) is 30.7 Å². The van der Waals surface area contributed by atoms with Crippen LogP contribution in [-0.2, 0) is 9.84 Å². The number of hydrogen-bond donors (Lipinski definition) is 0. The van der Waals surface area contributed by atoms with Crippen LogP contribution >= 0.6 is 11.8 Å². The number of sulfone groups is 1. The molecule has 9 heteroatoms. The molecule has 1 saturated heterocycles. The predicted octanol–water partition coefficient (Wildman–Crippen LogP) is 2.62. The van der Waals surface area contributed by atoms with E-state index in [9.17, 15) is 8.42 Å². The van der Waals surface area contributed by atoms with Crippen molar-refractivity contribution in [2.24, 2.45) is 0 Å². The zero-order valence-corrected chi connectivity index (χ0v) is 16.3. The van der Waals surface area contributed by atoms with E-state index in [2.05, 4.69) is 15.2 Å². The molecule has 3 aromatic rings. The third-order valence-electron chi connectivity index (χ3n) is 4.36. The summed E-state index contributed by atoms with van der Waals surface area (Å²) < 4.78 is 31.1. The monoisotopic (exact) mass is 402 g/mol. The first-order valence-corrected chi connectivity index (χ1v) is 11.1. The van der Waals surface area contributed by atoms with Gasteiger partial charge in [-0.3, -0.25) is 9.55 Å². The molecule has 1 fully saturated rings. The van der Waals surface area contributed by atoms with Crippen molar-refractivity contribution in [3.05, 3.63) is 48.8 Å². The Bertz CT molecular complexity index is 1050. The molecule has 7 nitrogen and oxygen atoms in total. The standard InChI is InChI=1S/C18H18N4O3S2/c1-25-16-5-3-2-4-15(16)22-17(13-6-9-19-10-7-13)20-21-18(22)26-14-8-11-27(23,24)12-14/h2-7,9-10,14H,8,11-12H2,1H3. The van der Waals surface area contributed by atoms with Gasteiger partial charge >= 0.3 is 0 Å². The van der Waals surface area contributed by atoms with Gasteiger partial charge in [-0.2, -0.15) is 0 Å². The summed E-state index contributed by atoms with van der Waals surface area (Å²) in [5, 5.41) is 9.35. The quantitative estimate of drug-likeness (QED) is 0.648. The number of rotatable bonds is 5. The SMILES string of the molecule is COc1ccccc1-n1c(SC2CCS(=O)(=O)C2)nnc1-c1ccncc1. The fraction of sp³-hybridized carbons (Fsp3) is 0.278. The van der Waals surface area contributed by atoms with Crippen LogP contribution in [0.15, 0.2) is 53.9 Å². The minimum atomic E-state index is -2.96. The molecule has 140 valence electrons. The number of ether oxygens (including phenoxy) is 1. The highest BCUT2D eigenvalue weighted by Gasteiger charge is 2.31. The maximum Gasteiger partial charge on any atom is 0.196 e. The summed E-state index contributed by atoms with van der Waals surface area (Å²) in [4.78, 5) is 4.06. The van der Waals surface area contributed by atoms with E-state index < -0.39 is 9.84 Å². The largest absolute Gasteiger partial charge is 0.495 e. The van der Waals surface area contributed by atoms with E-state index in [0.29, 0.717) is 23.2 Å². The van der Waals surface area contributed by atoms with Crippen LogP contribution in [0.5, 0.6) is 5.75 Å². The maximum atomic E-state index is 11.8. The van der Waals surface area contributed by atoms with Gasteiger partial charge in [-0.25, -0.2) is 8.42 Å². The van der Waals surface area contributed by atoms with Crippen molar-refractivity contribution >= 4 is 21.6 Å². The first-order chi connectivity index (χ1) is 13.1. The van der Waals surface area contributed by atoms with E-state index in [-0.39, 0.29) is 16.8 Å². The molecule has 1 aliphatic rings. The third kappa shape index (κ3) is 3.70. The molecule has 4 rings (SSSR count). The molecule has 0 aliphatic carbocycles. The van der Waals surface area contributed by atoms with Crippen molar-refractivity contribution in [2.75, 3.05) is 18.6 Å². The summed E-state index contributed by atoms with van der Waals surface area (Å²) in [5.74, 6) is 1.74. The molecule has 0 N–H and O–H groups in total. The zero-order valence-electron chi connectivity index (χ0n) is 14.6.